The molecule has 0 radical (unpaired) electrons. The lowest BCUT2D eigenvalue weighted by Crippen LogP contribution is -2.40. The molecule has 0 atom stereocenters. The molecule has 1 aromatic carbocycles. The number of hydrogen-bond donors (Lipinski definition) is 1. The first-order valence-corrected chi connectivity index (χ1v) is 11.5. The van der Waals surface area contributed by atoms with Crippen molar-refractivity contribution in [2.75, 3.05) is 33.5 Å². The van der Waals surface area contributed by atoms with Crippen LogP contribution in [0.2, 0.25) is 0 Å². The number of carbonyl (C=O) groups excluding carboxylic acids is 2. The third-order valence-electron chi connectivity index (χ3n) is 6.50. The average Bonchev–Trinajstić information content (AvgIpc) is 3.12. The van der Waals surface area contributed by atoms with E-state index in [2.05, 4.69) is 10.4 Å². The largest absolute Gasteiger partial charge is 0.494 e. The Balaban J connectivity index is 1.90. The van der Waals surface area contributed by atoms with Gasteiger partial charge >= 0.3 is 5.97 Å². The molecule has 0 aliphatic carbocycles. The van der Waals surface area contributed by atoms with Gasteiger partial charge in [-0.05, 0) is 49.7 Å². The molecule has 2 aromatic rings. The van der Waals surface area contributed by atoms with Crippen molar-refractivity contribution in [3.05, 3.63) is 40.5 Å². The highest BCUT2D eigenvalue weighted by molar-refractivity contribution is 5.97. The minimum Gasteiger partial charge on any atom is -0.494 e. The summed E-state index contributed by atoms with van der Waals surface area (Å²) in [5.74, 6) is -1.52. The second-order valence-corrected chi connectivity index (χ2v) is 8.62. The van der Waals surface area contributed by atoms with Crippen LogP contribution in [0, 0.1) is 11.2 Å². The molecule has 4 rings (SSSR count). The second kappa shape index (κ2) is 9.51. The zero-order valence-corrected chi connectivity index (χ0v) is 19.3. The Labute approximate surface area is 192 Å². The highest BCUT2D eigenvalue weighted by Gasteiger charge is 2.40. The first-order valence-electron chi connectivity index (χ1n) is 11.5. The van der Waals surface area contributed by atoms with E-state index in [0.29, 0.717) is 56.0 Å². The van der Waals surface area contributed by atoms with E-state index in [-0.39, 0.29) is 34.9 Å². The van der Waals surface area contributed by atoms with Crippen molar-refractivity contribution in [3.63, 3.8) is 0 Å². The summed E-state index contributed by atoms with van der Waals surface area (Å²) in [5.41, 5.74) is 1.29. The lowest BCUT2D eigenvalue weighted by Gasteiger charge is -2.36. The number of halogens is 1. The molecule has 178 valence electrons. The van der Waals surface area contributed by atoms with Crippen LogP contribution in [0.1, 0.15) is 65.2 Å². The van der Waals surface area contributed by atoms with Crippen LogP contribution in [0.5, 0.6) is 5.75 Å². The second-order valence-electron chi connectivity index (χ2n) is 8.62. The van der Waals surface area contributed by atoms with Crippen molar-refractivity contribution in [1.29, 1.82) is 0 Å². The number of aryl methyl sites for hydroxylation is 1. The molecule has 2 aliphatic heterocycles. The maximum Gasteiger partial charge on any atom is 0.341 e. The van der Waals surface area contributed by atoms with Gasteiger partial charge in [0.1, 0.15) is 11.4 Å². The summed E-state index contributed by atoms with van der Waals surface area (Å²) in [6, 6.07) is 2.88. The molecule has 0 bridgehead atoms. The zero-order chi connectivity index (χ0) is 23.6. The Morgan fingerprint density at radius 1 is 1.30 bits per heavy atom. The van der Waals surface area contributed by atoms with Crippen LogP contribution in [-0.4, -0.2) is 55.1 Å². The minimum atomic E-state index is -0.783. The number of amides is 1. The van der Waals surface area contributed by atoms with Crippen molar-refractivity contribution in [3.8, 4) is 11.4 Å². The van der Waals surface area contributed by atoms with E-state index in [4.69, 9.17) is 14.2 Å². The summed E-state index contributed by atoms with van der Waals surface area (Å²) >= 11 is 0. The van der Waals surface area contributed by atoms with Crippen molar-refractivity contribution in [1.82, 2.24) is 15.1 Å². The van der Waals surface area contributed by atoms with E-state index >= 15 is 4.39 Å². The van der Waals surface area contributed by atoms with Gasteiger partial charge in [-0.15, -0.1) is 0 Å². The van der Waals surface area contributed by atoms with Gasteiger partial charge in [-0.2, -0.15) is 5.10 Å². The molecule has 9 heteroatoms. The maximum atomic E-state index is 15.8. The maximum absolute atomic E-state index is 15.8. The van der Waals surface area contributed by atoms with Crippen LogP contribution in [0.3, 0.4) is 0 Å². The number of carbonyl (C=O) groups is 2. The van der Waals surface area contributed by atoms with Crippen LogP contribution in [0.4, 0.5) is 4.39 Å². The normalized spacial score (nSPS) is 17.3. The van der Waals surface area contributed by atoms with E-state index in [0.717, 1.165) is 12.8 Å². The lowest BCUT2D eigenvalue weighted by molar-refractivity contribution is 0.0154. The smallest absolute Gasteiger partial charge is 0.341 e. The summed E-state index contributed by atoms with van der Waals surface area (Å²) < 4.78 is 33.5. The van der Waals surface area contributed by atoms with Crippen molar-refractivity contribution >= 4 is 11.9 Å². The highest BCUT2D eigenvalue weighted by Crippen LogP contribution is 2.39. The van der Waals surface area contributed by atoms with E-state index in [1.807, 2.05) is 13.8 Å². The fourth-order valence-corrected chi connectivity index (χ4v) is 4.63. The first-order chi connectivity index (χ1) is 15.9. The van der Waals surface area contributed by atoms with Crippen LogP contribution in [0.25, 0.3) is 5.69 Å². The number of fused-ring (bicyclic) bond motifs is 1. The minimum absolute atomic E-state index is 0.0105. The van der Waals surface area contributed by atoms with Crippen LogP contribution in [0.15, 0.2) is 12.1 Å². The van der Waals surface area contributed by atoms with Crippen LogP contribution < -0.4 is 10.1 Å². The molecule has 2 aliphatic rings. The molecular formula is C24H30FN3O5. The van der Waals surface area contributed by atoms with Crippen molar-refractivity contribution in [2.45, 2.75) is 46.0 Å². The average molecular weight is 460 g/mol. The molecular weight excluding hydrogens is 429 g/mol. The lowest BCUT2D eigenvalue weighted by atomic mass is 9.76. The fraction of sp³-hybridized carbons (Fsp3) is 0.542. The first kappa shape index (κ1) is 23.2. The SMILES string of the molecule is CCCOC(=O)c1ccc(OC)c(-n2nc(CC)c3c2CC2(CCOCC2)CNC3=O)c1F. The molecule has 1 aromatic heterocycles. The third kappa shape index (κ3) is 4.21. The number of nitrogens with one attached hydrogen (secondary N) is 1. The molecule has 1 saturated heterocycles. The summed E-state index contributed by atoms with van der Waals surface area (Å²) in [4.78, 5) is 25.6. The number of benzene rings is 1. The Hall–Kier alpha value is -2.94. The van der Waals surface area contributed by atoms with Gasteiger partial charge in [0.2, 0.25) is 0 Å². The topological polar surface area (TPSA) is 91.7 Å². The van der Waals surface area contributed by atoms with Gasteiger partial charge in [-0.25, -0.2) is 13.9 Å². The van der Waals surface area contributed by atoms with Gasteiger partial charge in [0.05, 0.1) is 36.2 Å². The van der Waals surface area contributed by atoms with E-state index in [1.54, 1.807) is 0 Å². The number of rotatable bonds is 6. The zero-order valence-electron chi connectivity index (χ0n) is 19.3. The Bertz CT molecular complexity index is 1060. The van der Waals surface area contributed by atoms with Gasteiger partial charge in [0, 0.05) is 19.8 Å². The van der Waals surface area contributed by atoms with Gasteiger partial charge in [0.25, 0.3) is 5.91 Å². The molecule has 1 spiro atoms. The number of ether oxygens (including phenoxy) is 3. The van der Waals surface area contributed by atoms with Gasteiger partial charge in [-0.3, -0.25) is 4.79 Å². The summed E-state index contributed by atoms with van der Waals surface area (Å²) in [7, 11) is 1.43. The third-order valence-corrected chi connectivity index (χ3v) is 6.50. The molecule has 33 heavy (non-hydrogen) atoms. The molecule has 3 heterocycles. The summed E-state index contributed by atoms with van der Waals surface area (Å²) in [6.07, 6.45) is 3.22. The quantitative estimate of drug-likeness (QED) is 0.667. The number of methoxy groups -OCH3 is 1. The predicted octanol–water partition coefficient (Wildman–Crippen LogP) is 3.23. The molecule has 0 unspecified atom stereocenters. The standard InChI is InChI=1S/C24H30FN3O5/c1-4-10-33-23(30)15-6-7-18(31-3)21(20(15)25)28-17-13-24(8-11-32-12-9-24)14-26-22(29)19(17)16(5-2)27-28/h6-7H,4-5,8-14H2,1-3H3,(H,26,29). The highest BCUT2D eigenvalue weighted by atomic mass is 19.1. The number of aromatic nitrogens is 2. The molecule has 8 nitrogen and oxygen atoms in total. The van der Waals surface area contributed by atoms with Crippen LogP contribution in [-0.2, 0) is 22.3 Å². The van der Waals surface area contributed by atoms with Gasteiger partial charge in [0.15, 0.2) is 5.82 Å². The number of esters is 1. The monoisotopic (exact) mass is 459 g/mol. The molecule has 1 fully saturated rings. The van der Waals surface area contributed by atoms with E-state index in [1.165, 1.54) is 23.9 Å². The Morgan fingerprint density at radius 2 is 2.06 bits per heavy atom. The van der Waals surface area contributed by atoms with Gasteiger partial charge in [-0.1, -0.05) is 13.8 Å². The van der Waals surface area contributed by atoms with E-state index < -0.39 is 11.8 Å². The summed E-state index contributed by atoms with van der Waals surface area (Å²) in [6.45, 7) is 5.71. The number of hydrogen-bond acceptors (Lipinski definition) is 6. The molecule has 1 amide bonds. The van der Waals surface area contributed by atoms with E-state index in [9.17, 15) is 9.59 Å². The van der Waals surface area contributed by atoms with Crippen molar-refractivity contribution in [2.24, 2.45) is 5.41 Å². The van der Waals surface area contributed by atoms with Crippen molar-refractivity contribution < 1.29 is 28.2 Å². The number of nitrogens with zero attached hydrogens (tertiary/aromatic N) is 2. The summed E-state index contributed by atoms with van der Waals surface area (Å²) in [5, 5.41) is 7.68. The predicted molar refractivity (Wildman–Crippen MR) is 119 cm³/mol. The molecule has 0 saturated carbocycles. The Morgan fingerprint density at radius 3 is 2.73 bits per heavy atom. The molecule has 1 N–H and O–H groups in total. The van der Waals surface area contributed by atoms with Gasteiger partial charge < -0.3 is 19.5 Å². The van der Waals surface area contributed by atoms with Crippen LogP contribution >= 0.6 is 0 Å². The fourth-order valence-electron chi connectivity index (χ4n) is 4.63. The Kier molecular flexibility index (Phi) is 6.69.